The van der Waals surface area contributed by atoms with E-state index in [1.165, 1.54) is 90.1 Å². The molecular formula is C84H54B2N4OSe2. The predicted molar refractivity (Wildman–Crippen MR) is 396 cm³/mol. The standard InChI is InChI=1S/C84H54B2N4OSe2/c1-7-28-55(29-8-1)87(56-30-9-2-10-31-56)61-50-74-80-77(52-61)92-83-70(85(80)68-45-22-24-47-72(68)89(74)59-36-15-5-16-37-59)54-71-84(79(83)65-42-20-19-40-63(65)66-43-27-44-67-64-41-21-26-49-76(64)91-82(66)67)93-78-53-62(88(57-32-11-3-12-33-57)58-34-13-4-14-35-58)51-75-81(78)86(71)69-46-23-25-48-73(69)90(75)60-38-17-6-18-39-60/h1-54H. The minimum atomic E-state index is -0.224. The van der Waals surface area contributed by atoms with Gasteiger partial charge >= 0.3 is 558 Å². The summed E-state index contributed by atoms with van der Waals surface area (Å²) in [7, 11) is 0. The molecule has 19 rings (SSSR count). The van der Waals surface area contributed by atoms with E-state index < -0.39 is 0 Å². The monoisotopic (exact) mass is 1320 g/mol. The van der Waals surface area contributed by atoms with Crippen LogP contribution in [0.25, 0.3) is 44.2 Å². The van der Waals surface area contributed by atoms with Crippen molar-refractivity contribution in [1.82, 2.24) is 0 Å². The van der Waals surface area contributed by atoms with Crippen LogP contribution >= 0.6 is 0 Å². The van der Waals surface area contributed by atoms with Gasteiger partial charge in [0.1, 0.15) is 0 Å². The third-order valence-electron chi connectivity index (χ3n) is 19.1. The third kappa shape index (κ3) is 8.62. The number of rotatable bonds is 10. The Morgan fingerprint density at radius 3 is 1.16 bits per heavy atom. The number of para-hydroxylation sites is 10. The van der Waals surface area contributed by atoms with Crippen LogP contribution in [0, 0.1) is 0 Å². The molecule has 0 amide bonds. The first-order valence-corrected chi connectivity index (χ1v) is 35.2. The summed E-state index contributed by atoms with van der Waals surface area (Å²) in [5, 5.41) is 2.25. The topological polar surface area (TPSA) is 26.1 Å². The predicted octanol–water partition coefficient (Wildman–Crippen LogP) is 14.4. The zero-order valence-electron chi connectivity index (χ0n) is 50.3. The van der Waals surface area contributed by atoms with Crippen LogP contribution in [-0.2, 0) is 0 Å². The second-order valence-corrected chi connectivity index (χ2v) is 28.6. The molecule has 0 spiro atoms. The number of furan rings is 1. The van der Waals surface area contributed by atoms with E-state index in [4.69, 9.17) is 4.42 Å². The van der Waals surface area contributed by atoms with Gasteiger partial charge in [0.05, 0.1) is 0 Å². The Morgan fingerprint density at radius 1 is 0.290 bits per heavy atom. The molecule has 0 bridgehead atoms. The Balaban J connectivity index is 0.936. The first-order valence-electron chi connectivity index (χ1n) is 31.8. The number of benzene rings is 14. The van der Waals surface area contributed by atoms with Crippen molar-refractivity contribution in [2.45, 2.75) is 0 Å². The van der Waals surface area contributed by atoms with E-state index in [2.05, 4.69) is 347 Å². The minimum absolute atomic E-state index is 0.0940. The first-order chi connectivity index (χ1) is 46.2. The molecule has 0 saturated heterocycles. The fourth-order valence-corrected chi connectivity index (χ4v) is 21.2. The summed E-state index contributed by atoms with van der Waals surface area (Å²) in [6.45, 7) is -0.188. The molecule has 9 heteroatoms. The van der Waals surface area contributed by atoms with Crippen molar-refractivity contribution in [3.63, 3.8) is 0 Å². The van der Waals surface area contributed by atoms with E-state index in [9.17, 15) is 0 Å². The van der Waals surface area contributed by atoms with Crippen molar-refractivity contribution in [2.75, 3.05) is 19.6 Å². The van der Waals surface area contributed by atoms with Crippen LogP contribution in [0.5, 0.6) is 0 Å². The molecule has 0 N–H and O–H groups in total. The average molecular weight is 1310 g/mol. The molecule has 0 aliphatic carbocycles. The van der Waals surface area contributed by atoms with Crippen molar-refractivity contribution in [2.24, 2.45) is 0 Å². The van der Waals surface area contributed by atoms with E-state index in [1.54, 1.807) is 0 Å². The second kappa shape index (κ2) is 22.0. The summed E-state index contributed by atoms with van der Waals surface area (Å²) in [5.74, 6) is 0. The molecule has 5 heterocycles. The number of nitrogens with zero attached hydrogens (tertiary/aromatic N) is 4. The van der Waals surface area contributed by atoms with Gasteiger partial charge in [-0.3, -0.25) is 0 Å². The Labute approximate surface area is 553 Å². The quantitative estimate of drug-likeness (QED) is 0.127. The van der Waals surface area contributed by atoms with Gasteiger partial charge in [-0.1, -0.05) is 0 Å². The van der Waals surface area contributed by atoms with Crippen molar-refractivity contribution in [1.29, 1.82) is 0 Å². The second-order valence-electron chi connectivity index (χ2n) is 24.2. The first kappa shape index (κ1) is 54.0. The van der Waals surface area contributed by atoms with Gasteiger partial charge < -0.3 is 0 Å². The number of fused-ring (bicyclic) bond motifs is 11. The van der Waals surface area contributed by atoms with E-state index >= 15 is 0 Å². The van der Waals surface area contributed by atoms with E-state index in [-0.39, 0.29) is 43.3 Å². The molecule has 93 heavy (non-hydrogen) atoms. The van der Waals surface area contributed by atoms with Crippen molar-refractivity contribution in [3.8, 4) is 22.3 Å². The van der Waals surface area contributed by atoms with E-state index in [0.29, 0.717) is 0 Å². The Bertz CT molecular complexity index is 5110. The van der Waals surface area contributed by atoms with Crippen LogP contribution in [0.2, 0.25) is 0 Å². The third-order valence-corrected chi connectivity index (χ3v) is 24.1. The van der Waals surface area contributed by atoms with Crippen LogP contribution < -0.4 is 70.2 Å². The van der Waals surface area contributed by atoms with Crippen molar-refractivity contribution < 1.29 is 4.42 Å². The van der Waals surface area contributed by atoms with Crippen LogP contribution in [-0.4, -0.2) is 43.3 Å². The maximum absolute atomic E-state index is 7.03. The summed E-state index contributed by atoms with van der Waals surface area (Å²) < 4.78 is 12.7. The average Bonchev–Trinajstić information content (AvgIpc) is 1.35. The van der Waals surface area contributed by atoms with Crippen LogP contribution in [0.4, 0.5) is 68.2 Å². The molecule has 0 unspecified atom stereocenters. The fraction of sp³-hybridized carbons (Fsp3) is 0. The molecule has 4 aliphatic rings. The Morgan fingerprint density at radius 2 is 0.677 bits per heavy atom. The number of hydrogen-bond donors (Lipinski definition) is 0. The van der Waals surface area contributed by atoms with Gasteiger partial charge in [-0.05, 0) is 0 Å². The zero-order chi connectivity index (χ0) is 61.1. The van der Waals surface area contributed by atoms with Gasteiger partial charge in [0, 0.05) is 0 Å². The maximum atomic E-state index is 7.03. The molecular weight excluding hydrogens is 1260 g/mol. The molecule has 5 nitrogen and oxygen atoms in total. The SMILES string of the molecule is c1ccc(N(c2ccccc2)c2cc3c4c(c2)N(c2ccccc2)c2ccccc2B4c2cc4c(c(-c5ccccc5-c5cccc6c5oc5ccccc56)c2[Se]3)[Se]c2cc(N(c3ccccc3)c3ccccc3)cc3c2B4c2ccccc2N3c2ccccc2)cc1. The fourth-order valence-electron chi connectivity index (χ4n) is 15.3. The summed E-state index contributed by atoms with van der Waals surface area (Å²) in [6.07, 6.45) is 0. The molecule has 14 aromatic carbocycles. The van der Waals surface area contributed by atoms with Crippen LogP contribution in [0.3, 0.4) is 0 Å². The van der Waals surface area contributed by atoms with Gasteiger partial charge in [-0.2, -0.15) is 0 Å². The number of hydrogen-bond acceptors (Lipinski definition) is 5. The Hall–Kier alpha value is -10.8. The number of anilines is 12. The normalized spacial score (nSPS) is 13.0. The summed E-state index contributed by atoms with van der Waals surface area (Å²) in [5.41, 5.74) is 28.6. The summed E-state index contributed by atoms with van der Waals surface area (Å²) in [4.78, 5) is 10.0. The molecule has 4 aliphatic heterocycles. The molecule has 0 fully saturated rings. The summed E-state index contributed by atoms with van der Waals surface area (Å²) >= 11 is -0.449. The Kier molecular flexibility index (Phi) is 12.8. The van der Waals surface area contributed by atoms with Gasteiger partial charge in [0.2, 0.25) is 0 Å². The van der Waals surface area contributed by atoms with Gasteiger partial charge in [0.15, 0.2) is 0 Å². The van der Waals surface area contributed by atoms with E-state index in [1.807, 2.05) is 0 Å². The van der Waals surface area contributed by atoms with Crippen molar-refractivity contribution in [3.05, 3.63) is 328 Å². The molecule has 0 radical (unpaired) electrons. The van der Waals surface area contributed by atoms with Gasteiger partial charge in [-0.25, -0.2) is 0 Å². The van der Waals surface area contributed by atoms with Gasteiger partial charge in [-0.15, -0.1) is 0 Å². The van der Waals surface area contributed by atoms with E-state index in [0.717, 1.165) is 73.0 Å². The summed E-state index contributed by atoms with van der Waals surface area (Å²) in [6, 6.07) is 122. The van der Waals surface area contributed by atoms with Crippen LogP contribution in [0.15, 0.2) is 332 Å². The molecule has 15 aromatic rings. The van der Waals surface area contributed by atoms with Crippen molar-refractivity contribution >= 4 is 184 Å². The van der Waals surface area contributed by atoms with Crippen LogP contribution in [0.1, 0.15) is 0 Å². The molecule has 1 aromatic heterocycles. The van der Waals surface area contributed by atoms with Gasteiger partial charge in [0.25, 0.3) is 0 Å². The zero-order valence-corrected chi connectivity index (χ0v) is 53.8. The molecule has 0 saturated carbocycles. The molecule has 0 atom stereocenters. The molecule has 434 valence electrons.